The molecule has 0 aliphatic rings. The second kappa shape index (κ2) is 8.95. The number of nitrogens with two attached hydrogens (primary N) is 1. The first-order valence-electron chi connectivity index (χ1n) is 9.86. The lowest BCUT2D eigenvalue weighted by Crippen LogP contribution is -2.05. The summed E-state index contributed by atoms with van der Waals surface area (Å²) in [4.78, 5) is 4.17. The minimum atomic E-state index is -0.257. The molecular formula is C23H24FN5OS. The van der Waals surface area contributed by atoms with Crippen LogP contribution in [0.15, 0.2) is 65.3 Å². The van der Waals surface area contributed by atoms with E-state index in [2.05, 4.69) is 32.6 Å². The summed E-state index contributed by atoms with van der Waals surface area (Å²) in [5.41, 5.74) is 11.5. The predicted molar refractivity (Wildman–Crippen MR) is 126 cm³/mol. The van der Waals surface area contributed by atoms with E-state index in [1.165, 1.54) is 12.5 Å². The normalized spacial score (nSPS) is 12.0. The molecule has 0 atom stereocenters. The average molecular weight is 438 g/mol. The van der Waals surface area contributed by atoms with Crippen molar-refractivity contribution < 1.29 is 8.91 Å². The van der Waals surface area contributed by atoms with E-state index in [1.54, 1.807) is 11.9 Å². The topological polar surface area (TPSA) is 73.1 Å². The van der Waals surface area contributed by atoms with Crippen LogP contribution in [-0.4, -0.2) is 34.6 Å². The summed E-state index contributed by atoms with van der Waals surface area (Å²) in [6.07, 6.45) is 4.76. The molecule has 6 nitrogen and oxygen atoms in total. The van der Waals surface area contributed by atoms with Gasteiger partial charge in [0.05, 0.1) is 6.54 Å². The fraction of sp³-hybridized carbons (Fsp3) is 0.217. The Morgan fingerprint density at radius 3 is 2.81 bits per heavy atom. The summed E-state index contributed by atoms with van der Waals surface area (Å²) in [5.74, 6) is 0.260. The van der Waals surface area contributed by atoms with Gasteiger partial charge in [0.15, 0.2) is 0 Å². The van der Waals surface area contributed by atoms with Crippen LogP contribution in [-0.2, 0) is 6.54 Å². The van der Waals surface area contributed by atoms with E-state index in [9.17, 15) is 4.39 Å². The molecule has 2 heterocycles. The van der Waals surface area contributed by atoms with Gasteiger partial charge in [-0.1, -0.05) is 29.2 Å². The van der Waals surface area contributed by atoms with Gasteiger partial charge in [-0.15, -0.1) is 0 Å². The zero-order valence-electron chi connectivity index (χ0n) is 17.7. The number of rotatable bonds is 7. The molecule has 4 aromatic rings. The summed E-state index contributed by atoms with van der Waals surface area (Å²) in [5, 5.41) is 4.96. The van der Waals surface area contributed by atoms with E-state index in [1.807, 2.05) is 49.1 Å². The fourth-order valence-corrected chi connectivity index (χ4v) is 4.12. The molecule has 0 spiro atoms. The van der Waals surface area contributed by atoms with Gasteiger partial charge in [0.25, 0.3) is 0 Å². The molecule has 2 N–H and O–H groups in total. The third-order valence-electron chi connectivity index (χ3n) is 5.36. The number of aromatic nitrogens is 3. The lowest BCUT2D eigenvalue weighted by Gasteiger charge is -2.16. The number of hydrogen-bond acceptors (Lipinski definition) is 6. The fourth-order valence-electron chi connectivity index (χ4n) is 3.79. The maximum atomic E-state index is 14.4. The van der Waals surface area contributed by atoms with Crippen LogP contribution in [0.25, 0.3) is 33.4 Å². The van der Waals surface area contributed by atoms with Gasteiger partial charge in [-0.3, -0.25) is 0 Å². The molecule has 0 aliphatic carbocycles. The maximum Gasteiger partial charge on any atom is 0.214 e. The van der Waals surface area contributed by atoms with Crippen LogP contribution < -0.4 is 10.0 Å². The van der Waals surface area contributed by atoms with E-state index < -0.39 is 0 Å². The highest BCUT2D eigenvalue weighted by Gasteiger charge is 2.19. The quantitative estimate of drug-likeness (QED) is 0.401. The highest BCUT2D eigenvalue weighted by molar-refractivity contribution is 7.99. The molecule has 31 heavy (non-hydrogen) atoms. The van der Waals surface area contributed by atoms with Crippen LogP contribution in [0.2, 0.25) is 0 Å². The van der Waals surface area contributed by atoms with E-state index in [0.29, 0.717) is 5.82 Å². The van der Waals surface area contributed by atoms with Crippen molar-refractivity contribution in [3.05, 3.63) is 66.5 Å². The van der Waals surface area contributed by atoms with Crippen molar-refractivity contribution in [1.82, 2.24) is 14.7 Å². The lowest BCUT2D eigenvalue weighted by molar-refractivity contribution is 0.419. The van der Waals surface area contributed by atoms with Crippen LogP contribution in [0.5, 0.6) is 0 Å². The van der Waals surface area contributed by atoms with Crippen LogP contribution in [0, 0.1) is 6.92 Å². The van der Waals surface area contributed by atoms with Crippen molar-refractivity contribution in [3.8, 4) is 22.5 Å². The molecule has 4 rings (SSSR count). The van der Waals surface area contributed by atoms with E-state index in [-0.39, 0.29) is 18.9 Å². The highest BCUT2D eigenvalue weighted by Crippen LogP contribution is 2.38. The third-order valence-corrected chi connectivity index (χ3v) is 6.12. The third kappa shape index (κ3) is 4.08. The zero-order chi connectivity index (χ0) is 22.0. The van der Waals surface area contributed by atoms with Gasteiger partial charge in [-0.25, -0.2) is 4.39 Å². The summed E-state index contributed by atoms with van der Waals surface area (Å²) < 4.78 is 23.4. The predicted octanol–water partition coefficient (Wildman–Crippen LogP) is 5.19. The Labute approximate surface area is 184 Å². The van der Waals surface area contributed by atoms with Crippen molar-refractivity contribution >= 4 is 28.5 Å². The Hall–Kier alpha value is -3.10. The molecule has 0 saturated carbocycles. The van der Waals surface area contributed by atoms with Crippen LogP contribution in [0.3, 0.4) is 0 Å². The van der Waals surface area contributed by atoms with E-state index in [4.69, 9.17) is 10.3 Å². The largest absolute Gasteiger partial charge is 0.342 e. The molecule has 2 aromatic heterocycles. The second-order valence-corrected chi connectivity index (χ2v) is 8.06. The minimum Gasteiger partial charge on any atom is -0.342 e. The van der Waals surface area contributed by atoms with Gasteiger partial charge in [-0.05, 0) is 48.9 Å². The average Bonchev–Trinajstić information content (AvgIpc) is 3.40. The second-order valence-electron chi connectivity index (χ2n) is 7.15. The first-order chi connectivity index (χ1) is 15.0. The molecule has 0 radical (unpaired) electrons. The number of hydrogen-bond donors (Lipinski definition) is 1. The van der Waals surface area contributed by atoms with Gasteiger partial charge in [-0.2, -0.15) is 4.98 Å². The Morgan fingerprint density at radius 1 is 1.26 bits per heavy atom. The van der Waals surface area contributed by atoms with Crippen molar-refractivity contribution in [2.45, 2.75) is 13.5 Å². The lowest BCUT2D eigenvalue weighted by atomic mass is 10.00. The van der Waals surface area contributed by atoms with Crippen LogP contribution in [0.4, 0.5) is 10.1 Å². The van der Waals surface area contributed by atoms with Crippen molar-refractivity contribution in [2.75, 3.05) is 24.2 Å². The van der Waals surface area contributed by atoms with Crippen molar-refractivity contribution in [3.63, 3.8) is 0 Å². The molecule has 0 fully saturated rings. The minimum absolute atomic E-state index is 0.130. The standard InChI is InChI=1S/C23H24FN5OS/c1-15-22(16-5-4-6-19(11-16)28(2)31-3)20-12-17(23-26-14-30-27-23)7-8-21(20)29(15)13-18(24)9-10-25/h4-9,11-12,14H,10,13,25H2,1-3H3/b18-9-. The van der Waals surface area contributed by atoms with Crippen LogP contribution >= 0.6 is 11.9 Å². The Morgan fingerprint density at radius 2 is 2.10 bits per heavy atom. The zero-order valence-corrected chi connectivity index (χ0v) is 18.5. The molecular weight excluding hydrogens is 413 g/mol. The van der Waals surface area contributed by atoms with Gasteiger partial charge < -0.3 is 19.1 Å². The van der Waals surface area contributed by atoms with E-state index >= 15 is 0 Å². The molecule has 0 amide bonds. The number of allylic oxidation sites excluding steroid dienone is 1. The Bertz CT molecular complexity index is 1230. The molecule has 0 aliphatic heterocycles. The molecule has 2 aromatic carbocycles. The van der Waals surface area contributed by atoms with Gasteiger partial charge >= 0.3 is 0 Å². The van der Waals surface area contributed by atoms with Crippen LogP contribution in [0.1, 0.15) is 5.69 Å². The molecule has 0 unspecified atom stereocenters. The summed E-state index contributed by atoms with van der Waals surface area (Å²) in [6.45, 7) is 2.32. The number of halogens is 1. The van der Waals surface area contributed by atoms with Crippen molar-refractivity contribution in [2.24, 2.45) is 5.73 Å². The highest BCUT2D eigenvalue weighted by atomic mass is 32.2. The smallest absolute Gasteiger partial charge is 0.214 e. The Kier molecular flexibility index (Phi) is 6.11. The molecule has 8 heteroatoms. The number of anilines is 1. The maximum absolute atomic E-state index is 14.4. The van der Waals surface area contributed by atoms with Gasteiger partial charge in [0.2, 0.25) is 12.2 Å². The monoisotopic (exact) mass is 437 g/mol. The summed E-state index contributed by atoms with van der Waals surface area (Å²) >= 11 is 1.64. The first-order valence-corrected chi connectivity index (χ1v) is 11.0. The Balaban J connectivity index is 1.95. The first kappa shape index (κ1) is 21.1. The number of nitrogens with zero attached hydrogens (tertiary/aromatic N) is 4. The number of benzene rings is 2. The van der Waals surface area contributed by atoms with Gasteiger partial charge in [0, 0.05) is 53.3 Å². The molecule has 160 valence electrons. The van der Waals surface area contributed by atoms with E-state index in [0.717, 1.165) is 39.0 Å². The number of fused-ring (bicyclic) bond motifs is 1. The summed E-state index contributed by atoms with van der Waals surface area (Å²) in [6, 6.07) is 14.3. The molecule has 0 bridgehead atoms. The van der Waals surface area contributed by atoms with Gasteiger partial charge in [0.1, 0.15) is 5.83 Å². The molecule has 0 saturated heterocycles. The SMILES string of the molecule is CSN(C)c1cccc(-c2c(C)n(C/C(F)=C/CN)c3ccc(-c4ncon4)cc23)c1. The van der Waals surface area contributed by atoms with Crippen molar-refractivity contribution in [1.29, 1.82) is 0 Å². The summed E-state index contributed by atoms with van der Waals surface area (Å²) in [7, 11) is 2.03.